The third-order valence-corrected chi connectivity index (χ3v) is 5.14. The van der Waals surface area contributed by atoms with E-state index in [4.69, 9.17) is 0 Å². The minimum atomic E-state index is -0.0848. The van der Waals surface area contributed by atoms with E-state index in [2.05, 4.69) is 15.5 Å². The Labute approximate surface area is 169 Å². The van der Waals surface area contributed by atoms with Crippen molar-refractivity contribution in [2.45, 2.75) is 25.9 Å². The second-order valence-corrected chi connectivity index (χ2v) is 7.49. The number of benzene rings is 2. The van der Waals surface area contributed by atoms with Gasteiger partial charge in [0.2, 0.25) is 5.91 Å². The summed E-state index contributed by atoms with van der Waals surface area (Å²) in [6, 6.07) is 17.7. The largest absolute Gasteiger partial charge is 0.352 e. The number of aromatic nitrogens is 2. The van der Waals surface area contributed by atoms with Gasteiger partial charge in [-0.1, -0.05) is 54.6 Å². The van der Waals surface area contributed by atoms with Gasteiger partial charge in [0.15, 0.2) is 0 Å². The van der Waals surface area contributed by atoms with Crippen molar-refractivity contribution in [1.29, 1.82) is 0 Å². The number of amides is 2. The molecule has 1 aliphatic carbocycles. The van der Waals surface area contributed by atoms with Crippen molar-refractivity contribution < 1.29 is 9.59 Å². The summed E-state index contributed by atoms with van der Waals surface area (Å²) in [5.41, 5.74) is 4.22. The first-order chi connectivity index (χ1) is 14.1. The molecule has 0 atom stereocenters. The maximum Gasteiger partial charge on any atom is 0.257 e. The Kier molecular flexibility index (Phi) is 5.42. The molecule has 2 amide bonds. The van der Waals surface area contributed by atoms with Gasteiger partial charge < -0.3 is 10.2 Å². The lowest BCUT2D eigenvalue weighted by molar-refractivity contribution is -0.122. The van der Waals surface area contributed by atoms with Gasteiger partial charge in [-0.3, -0.25) is 14.7 Å². The first kappa shape index (κ1) is 18.9. The highest BCUT2D eigenvalue weighted by atomic mass is 16.2. The number of hydrogen-bond donors (Lipinski definition) is 2. The van der Waals surface area contributed by atoms with Gasteiger partial charge in [0.05, 0.1) is 17.5 Å². The van der Waals surface area contributed by atoms with E-state index in [1.807, 2.05) is 54.6 Å². The summed E-state index contributed by atoms with van der Waals surface area (Å²) < 4.78 is 0. The molecule has 1 fully saturated rings. The van der Waals surface area contributed by atoms with Crippen LogP contribution in [0.15, 0.2) is 60.8 Å². The van der Waals surface area contributed by atoms with E-state index in [1.165, 1.54) is 0 Å². The fourth-order valence-corrected chi connectivity index (χ4v) is 3.27. The summed E-state index contributed by atoms with van der Waals surface area (Å²) in [6.45, 7) is 1.05. The molecule has 1 aromatic heterocycles. The average Bonchev–Trinajstić information content (AvgIpc) is 3.49. The van der Waals surface area contributed by atoms with E-state index in [0.717, 1.165) is 29.5 Å². The molecule has 1 heterocycles. The number of hydrogen-bond acceptors (Lipinski definition) is 3. The molecule has 4 rings (SSSR count). The van der Waals surface area contributed by atoms with E-state index in [-0.39, 0.29) is 17.7 Å². The molecule has 29 heavy (non-hydrogen) atoms. The molecule has 0 aliphatic heterocycles. The van der Waals surface area contributed by atoms with Crippen LogP contribution < -0.4 is 5.32 Å². The number of aromatic amines is 1. The van der Waals surface area contributed by atoms with Crippen molar-refractivity contribution in [2.75, 3.05) is 7.05 Å². The molecule has 6 heteroatoms. The van der Waals surface area contributed by atoms with E-state index >= 15 is 0 Å². The molecule has 148 valence electrons. The number of nitrogens with zero attached hydrogens (tertiary/aromatic N) is 2. The van der Waals surface area contributed by atoms with Gasteiger partial charge >= 0.3 is 0 Å². The van der Waals surface area contributed by atoms with Gasteiger partial charge in [-0.2, -0.15) is 5.10 Å². The topological polar surface area (TPSA) is 78.1 Å². The Morgan fingerprint density at radius 3 is 2.48 bits per heavy atom. The first-order valence-corrected chi connectivity index (χ1v) is 9.81. The van der Waals surface area contributed by atoms with Gasteiger partial charge in [-0.25, -0.2) is 0 Å². The smallest absolute Gasteiger partial charge is 0.257 e. The summed E-state index contributed by atoms with van der Waals surface area (Å²) in [4.78, 5) is 26.4. The summed E-state index contributed by atoms with van der Waals surface area (Å²) in [7, 11) is 1.79. The molecule has 3 aromatic rings. The van der Waals surface area contributed by atoms with Crippen molar-refractivity contribution in [3.8, 4) is 11.3 Å². The highest BCUT2D eigenvalue weighted by Gasteiger charge is 2.29. The quantitative estimate of drug-likeness (QED) is 0.651. The Morgan fingerprint density at radius 2 is 1.79 bits per heavy atom. The Balaban J connectivity index is 1.43. The zero-order valence-corrected chi connectivity index (χ0v) is 16.4. The number of rotatable bonds is 7. The van der Waals surface area contributed by atoms with Crippen LogP contribution in [0.5, 0.6) is 0 Å². The number of carbonyl (C=O) groups excluding carboxylic acids is 2. The van der Waals surface area contributed by atoms with Gasteiger partial charge in [-0.05, 0) is 24.0 Å². The van der Waals surface area contributed by atoms with Gasteiger partial charge in [0.25, 0.3) is 5.91 Å². The summed E-state index contributed by atoms with van der Waals surface area (Å²) in [5.74, 6) is 0.260. The fraction of sp³-hybridized carbons (Fsp3) is 0.261. The van der Waals surface area contributed by atoms with Crippen LogP contribution in [0, 0.1) is 5.92 Å². The van der Waals surface area contributed by atoms with Crippen molar-refractivity contribution in [2.24, 2.45) is 5.92 Å². The second kappa shape index (κ2) is 8.31. The van der Waals surface area contributed by atoms with E-state index < -0.39 is 0 Å². The molecule has 2 N–H and O–H groups in total. The van der Waals surface area contributed by atoms with Crippen LogP contribution in [0.4, 0.5) is 0 Å². The third-order valence-electron chi connectivity index (χ3n) is 5.14. The normalized spacial score (nSPS) is 13.1. The van der Waals surface area contributed by atoms with Crippen molar-refractivity contribution in [3.05, 3.63) is 77.5 Å². The van der Waals surface area contributed by atoms with Crippen LogP contribution in [0.2, 0.25) is 0 Å². The van der Waals surface area contributed by atoms with Crippen molar-refractivity contribution in [1.82, 2.24) is 20.4 Å². The van der Waals surface area contributed by atoms with Crippen molar-refractivity contribution in [3.63, 3.8) is 0 Å². The predicted molar refractivity (Wildman–Crippen MR) is 111 cm³/mol. The molecule has 0 bridgehead atoms. The number of nitrogens with one attached hydrogen (secondary N) is 2. The lowest BCUT2D eigenvalue weighted by atomic mass is 10.0. The fourth-order valence-electron chi connectivity index (χ4n) is 3.27. The van der Waals surface area contributed by atoms with Crippen LogP contribution in [-0.2, 0) is 17.9 Å². The Morgan fingerprint density at radius 1 is 1.07 bits per heavy atom. The standard InChI is InChI=1S/C23H24N4O2/c1-27(15-17-5-3-2-4-6-17)23(29)20-14-25-26-21(20)18-9-7-16(8-10-18)13-24-22(28)19-11-12-19/h2-10,14,19H,11-13,15H2,1H3,(H,24,28)(H,25,26). The summed E-state index contributed by atoms with van der Waals surface area (Å²) in [6.07, 6.45) is 3.57. The molecule has 0 unspecified atom stereocenters. The molecule has 6 nitrogen and oxygen atoms in total. The lowest BCUT2D eigenvalue weighted by Crippen LogP contribution is -2.26. The van der Waals surface area contributed by atoms with E-state index in [9.17, 15) is 9.59 Å². The zero-order valence-electron chi connectivity index (χ0n) is 16.4. The highest BCUT2D eigenvalue weighted by molar-refractivity contribution is 5.99. The van der Waals surface area contributed by atoms with Crippen LogP contribution in [0.3, 0.4) is 0 Å². The molecular weight excluding hydrogens is 364 g/mol. The monoisotopic (exact) mass is 388 g/mol. The van der Waals surface area contributed by atoms with Gasteiger partial charge in [0, 0.05) is 31.6 Å². The lowest BCUT2D eigenvalue weighted by Gasteiger charge is -2.17. The summed E-state index contributed by atoms with van der Waals surface area (Å²) in [5, 5.41) is 10.00. The van der Waals surface area contributed by atoms with Crippen LogP contribution in [0.1, 0.15) is 34.3 Å². The third kappa shape index (κ3) is 4.54. The van der Waals surface area contributed by atoms with Gasteiger partial charge in [0.1, 0.15) is 0 Å². The average molecular weight is 388 g/mol. The van der Waals surface area contributed by atoms with E-state index in [1.54, 1.807) is 18.1 Å². The maximum absolute atomic E-state index is 12.9. The second-order valence-electron chi connectivity index (χ2n) is 7.49. The Hall–Kier alpha value is -3.41. The molecule has 0 radical (unpaired) electrons. The maximum atomic E-state index is 12.9. The minimum absolute atomic E-state index is 0.0848. The highest BCUT2D eigenvalue weighted by Crippen LogP contribution is 2.29. The van der Waals surface area contributed by atoms with Crippen LogP contribution >= 0.6 is 0 Å². The minimum Gasteiger partial charge on any atom is -0.352 e. The molecule has 0 saturated heterocycles. The molecule has 1 aliphatic rings. The predicted octanol–water partition coefficient (Wildman–Crippen LogP) is 3.38. The first-order valence-electron chi connectivity index (χ1n) is 9.81. The van der Waals surface area contributed by atoms with Gasteiger partial charge in [-0.15, -0.1) is 0 Å². The molecular formula is C23H24N4O2. The zero-order chi connectivity index (χ0) is 20.2. The summed E-state index contributed by atoms with van der Waals surface area (Å²) >= 11 is 0. The Bertz CT molecular complexity index is 991. The number of carbonyl (C=O) groups is 2. The molecule has 0 spiro atoms. The van der Waals surface area contributed by atoms with E-state index in [0.29, 0.717) is 24.3 Å². The number of H-pyrrole nitrogens is 1. The molecule has 2 aromatic carbocycles. The molecule has 1 saturated carbocycles. The SMILES string of the molecule is CN(Cc1ccccc1)C(=O)c1cn[nH]c1-c1ccc(CNC(=O)C2CC2)cc1. The van der Waals surface area contributed by atoms with Crippen molar-refractivity contribution >= 4 is 11.8 Å². The van der Waals surface area contributed by atoms with Crippen LogP contribution in [-0.4, -0.2) is 34.0 Å². The van der Waals surface area contributed by atoms with Crippen LogP contribution in [0.25, 0.3) is 11.3 Å².